The Labute approximate surface area is 77.0 Å². The number of hydrogen-bond acceptors (Lipinski definition) is 4. The quantitative estimate of drug-likeness (QED) is 0.582. The van der Waals surface area contributed by atoms with E-state index >= 15 is 0 Å². The predicted molar refractivity (Wildman–Crippen MR) is 50.1 cm³/mol. The van der Waals surface area contributed by atoms with Crippen molar-refractivity contribution < 1.29 is 0 Å². The highest BCUT2D eigenvalue weighted by Gasteiger charge is 2.08. The van der Waals surface area contributed by atoms with Crippen molar-refractivity contribution in [3.8, 4) is 0 Å². The van der Waals surface area contributed by atoms with Crippen LogP contribution in [0.4, 0.5) is 0 Å². The van der Waals surface area contributed by atoms with Crippen LogP contribution in [0.5, 0.6) is 0 Å². The molecule has 13 heavy (non-hydrogen) atoms. The number of aromatic nitrogens is 3. The van der Waals surface area contributed by atoms with Crippen molar-refractivity contribution in [2.24, 2.45) is 14.1 Å². The fourth-order valence-electron chi connectivity index (χ4n) is 1.20. The molecule has 0 amide bonds. The maximum absolute atomic E-state index is 11.5. The molecule has 0 spiro atoms. The largest absolute Gasteiger partial charge is 0.331 e. The average molecular weight is 197 g/mol. The molecule has 2 aromatic heterocycles. The first-order valence-electron chi connectivity index (χ1n) is 3.63. The van der Waals surface area contributed by atoms with Crippen LogP contribution in [0.25, 0.3) is 10.2 Å². The molecule has 0 aliphatic carbocycles. The number of aryl methyl sites for hydroxylation is 1. The lowest BCUT2D eigenvalue weighted by atomic mass is 10.4. The topological polar surface area (TPSA) is 56.9 Å². The highest BCUT2D eigenvalue weighted by atomic mass is 32.1. The Morgan fingerprint density at radius 2 is 2.00 bits per heavy atom. The van der Waals surface area contributed by atoms with E-state index in [1.165, 1.54) is 17.8 Å². The maximum Gasteiger partial charge on any atom is 0.331 e. The van der Waals surface area contributed by atoms with Crippen LogP contribution in [0.1, 0.15) is 0 Å². The lowest BCUT2D eigenvalue weighted by Crippen LogP contribution is -2.36. The van der Waals surface area contributed by atoms with Gasteiger partial charge in [0.1, 0.15) is 4.83 Å². The van der Waals surface area contributed by atoms with Crippen LogP contribution in [-0.4, -0.2) is 13.5 Å². The van der Waals surface area contributed by atoms with Gasteiger partial charge in [0, 0.05) is 14.1 Å². The van der Waals surface area contributed by atoms with Gasteiger partial charge in [0.2, 0.25) is 0 Å². The Kier molecular flexibility index (Phi) is 1.59. The van der Waals surface area contributed by atoms with E-state index in [2.05, 4.69) is 4.37 Å². The van der Waals surface area contributed by atoms with Gasteiger partial charge in [0.05, 0.1) is 11.6 Å². The third kappa shape index (κ3) is 0.951. The molecule has 0 N–H and O–H groups in total. The first kappa shape index (κ1) is 8.18. The van der Waals surface area contributed by atoms with Gasteiger partial charge in [-0.2, -0.15) is 4.37 Å². The van der Waals surface area contributed by atoms with Crippen molar-refractivity contribution >= 4 is 21.7 Å². The zero-order valence-corrected chi connectivity index (χ0v) is 7.96. The monoisotopic (exact) mass is 197 g/mol. The standard InChI is InChI=1S/C7H7N3O2S/c1-9-5(11)4-3-8-13-6(4)10(2)7(9)12/h3H,1-2H3. The summed E-state index contributed by atoms with van der Waals surface area (Å²) in [7, 11) is 3.09. The molecule has 0 bridgehead atoms. The van der Waals surface area contributed by atoms with Crippen molar-refractivity contribution in [2.45, 2.75) is 0 Å². The van der Waals surface area contributed by atoms with Crippen LogP contribution in [-0.2, 0) is 14.1 Å². The second-order valence-corrected chi connectivity index (χ2v) is 3.53. The Hall–Kier alpha value is -1.43. The zero-order chi connectivity index (χ0) is 9.59. The van der Waals surface area contributed by atoms with Gasteiger partial charge in [-0.25, -0.2) is 4.79 Å². The van der Waals surface area contributed by atoms with Crippen molar-refractivity contribution in [1.82, 2.24) is 13.5 Å². The highest BCUT2D eigenvalue weighted by Crippen LogP contribution is 2.09. The maximum atomic E-state index is 11.5. The van der Waals surface area contributed by atoms with E-state index in [0.29, 0.717) is 10.2 Å². The smallest absolute Gasteiger partial charge is 0.286 e. The van der Waals surface area contributed by atoms with Crippen LogP contribution in [0.3, 0.4) is 0 Å². The Bertz CT molecular complexity index is 577. The van der Waals surface area contributed by atoms with Gasteiger partial charge < -0.3 is 0 Å². The summed E-state index contributed by atoms with van der Waals surface area (Å²) in [6.07, 6.45) is 1.49. The second kappa shape index (κ2) is 2.53. The molecule has 0 saturated heterocycles. The minimum atomic E-state index is -0.318. The van der Waals surface area contributed by atoms with Gasteiger partial charge >= 0.3 is 5.69 Å². The number of hydrogen-bond donors (Lipinski definition) is 0. The Morgan fingerprint density at radius 1 is 1.31 bits per heavy atom. The van der Waals surface area contributed by atoms with E-state index in [-0.39, 0.29) is 11.2 Å². The van der Waals surface area contributed by atoms with Crippen LogP contribution in [0.15, 0.2) is 15.8 Å². The number of rotatable bonds is 0. The summed E-state index contributed by atoms with van der Waals surface area (Å²) in [5.74, 6) is 0. The number of fused-ring (bicyclic) bond motifs is 1. The Balaban J connectivity index is 3.21. The van der Waals surface area contributed by atoms with Crippen molar-refractivity contribution in [3.63, 3.8) is 0 Å². The molecule has 2 rings (SSSR count). The van der Waals surface area contributed by atoms with Crippen LogP contribution >= 0.6 is 11.5 Å². The predicted octanol–water partition coefficient (Wildman–Crippen LogP) is -0.306. The second-order valence-electron chi connectivity index (χ2n) is 2.75. The van der Waals surface area contributed by atoms with E-state index < -0.39 is 0 Å². The molecule has 68 valence electrons. The fraction of sp³-hybridized carbons (Fsp3) is 0.286. The van der Waals surface area contributed by atoms with Gasteiger partial charge in [-0.3, -0.25) is 13.9 Å². The fourth-order valence-corrected chi connectivity index (χ4v) is 1.90. The van der Waals surface area contributed by atoms with Crippen LogP contribution in [0, 0.1) is 0 Å². The zero-order valence-electron chi connectivity index (χ0n) is 7.14. The van der Waals surface area contributed by atoms with Gasteiger partial charge in [0.15, 0.2) is 0 Å². The summed E-state index contributed by atoms with van der Waals surface area (Å²) in [6, 6.07) is 0. The molecule has 0 unspecified atom stereocenters. The molecule has 0 aromatic carbocycles. The molecule has 5 nitrogen and oxygen atoms in total. The molecule has 0 atom stereocenters. The van der Waals surface area contributed by atoms with Crippen LogP contribution < -0.4 is 11.2 Å². The average Bonchev–Trinajstić information content (AvgIpc) is 2.59. The summed E-state index contributed by atoms with van der Waals surface area (Å²) >= 11 is 1.15. The van der Waals surface area contributed by atoms with Gasteiger partial charge in [-0.1, -0.05) is 0 Å². The van der Waals surface area contributed by atoms with Crippen molar-refractivity contribution in [3.05, 3.63) is 27.0 Å². The third-order valence-corrected chi connectivity index (χ3v) is 2.84. The SMILES string of the molecule is Cn1c(=O)c2cnsc2n(C)c1=O. The van der Waals surface area contributed by atoms with E-state index in [9.17, 15) is 9.59 Å². The van der Waals surface area contributed by atoms with E-state index in [1.54, 1.807) is 7.05 Å². The molecule has 0 radical (unpaired) electrons. The van der Waals surface area contributed by atoms with Gasteiger partial charge in [0.25, 0.3) is 5.56 Å². The van der Waals surface area contributed by atoms with E-state index in [1.807, 2.05) is 0 Å². The first-order chi connectivity index (χ1) is 6.13. The van der Waals surface area contributed by atoms with Gasteiger partial charge in [-0.05, 0) is 11.5 Å². The molecule has 6 heteroatoms. The number of nitrogens with zero attached hydrogens (tertiary/aromatic N) is 3. The van der Waals surface area contributed by atoms with Crippen molar-refractivity contribution in [1.29, 1.82) is 0 Å². The van der Waals surface area contributed by atoms with Gasteiger partial charge in [-0.15, -0.1) is 0 Å². The third-order valence-electron chi connectivity index (χ3n) is 1.96. The molecule has 0 aliphatic heterocycles. The lowest BCUT2D eigenvalue weighted by molar-refractivity contribution is 0.717. The molecule has 0 saturated carbocycles. The summed E-state index contributed by atoms with van der Waals surface area (Å²) in [5, 5.41) is 0.495. The molecule has 0 aliphatic rings. The summed E-state index contributed by atoms with van der Waals surface area (Å²) in [4.78, 5) is 23.5. The van der Waals surface area contributed by atoms with E-state index in [0.717, 1.165) is 16.1 Å². The molecule has 2 heterocycles. The van der Waals surface area contributed by atoms with Crippen molar-refractivity contribution in [2.75, 3.05) is 0 Å². The summed E-state index contributed by atoms with van der Waals surface area (Å²) < 4.78 is 6.38. The molecular formula is C7H7N3O2S. The van der Waals surface area contributed by atoms with Crippen LogP contribution in [0.2, 0.25) is 0 Å². The lowest BCUT2D eigenvalue weighted by Gasteiger charge is -2.00. The minimum absolute atomic E-state index is 0.285. The molecular weight excluding hydrogens is 190 g/mol. The summed E-state index contributed by atoms with van der Waals surface area (Å²) in [5.41, 5.74) is -0.603. The molecule has 0 fully saturated rings. The normalized spacial score (nSPS) is 10.9. The first-order valence-corrected chi connectivity index (χ1v) is 4.40. The summed E-state index contributed by atoms with van der Waals surface area (Å²) in [6.45, 7) is 0. The van der Waals surface area contributed by atoms with E-state index in [4.69, 9.17) is 0 Å². The molecule has 2 aromatic rings. The highest BCUT2D eigenvalue weighted by molar-refractivity contribution is 7.12. The minimum Gasteiger partial charge on any atom is -0.286 e. The Morgan fingerprint density at radius 3 is 2.69 bits per heavy atom.